The van der Waals surface area contributed by atoms with Gasteiger partial charge in [-0.1, -0.05) is 26.0 Å². The largest absolute Gasteiger partial charge is 0.340 e. The molecule has 0 saturated carbocycles. The van der Waals surface area contributed by atoms with E-state index in [0.29, 0.717) is 18.7 Å². The molecule has 0 radical (unpaired) electrons. The normalized spacial score (nSPS) is 16.2. The van der Waals surface area contributed by atoms with Crippen molar-refractivity contribution in [2.24, 2.45) is 5.92 Å². The Kier molecular flexibility index (Phi) is 6.35. The Bertz CT molecular complexity index is 733. The molecule has 1 heterocycles. The second-order valence-electron chi connectivity index (χ2n) is 6.33. The van der Waals surface area contributed by atoms with Crippen LogP contribution in [-0.4, -0.2) is 55.5 Å². The monoisotopic (exact) mass is 366 g/mol. The summed E-state index contributed by atoms with van der Waals surface area (Å²) in [5, 5.41) is 0. The van der Waals surface area contributed by atoms with Gasteiger partial charge in [0.15, 0.2) is 5.78 Å². The van der Waals surface area contributed by atoms with Gasteiger partial charge in [-0.15, -0.1) is 0 Å². The highest BCUT2D eigenvalue weighted by Gasteiger charge is 2.31. The Morgan fingerprint density at radius 2 is 1.68 bits per heavy atom. The van der Waals surface area contributed by atoms with Crippen LogP contribution in [0.5, 0.6) is 0 Å². The Morgan fingerprint density at radius 3 is 2.20 bits per heavy atom. The van der Waals surface area contributed by atoms with Crippen molar-refractivity contribution in [1.29, 1.82) is 0 Å². The zero-order chi connectivity index (χ0) is 18.6. The first-order valence-corrected chi connectivity index (χ1v) is 10.1. The van der Waals surface area contributed by atoms with E-state index in [1.165, 1.54) is 23.4 Å². The average molecular weight is 366 g/mol. The van der Waals surface area contributed by atoms with Crippen molar-refractivity contribution in [2.45, 2.75) is 38.5 Å². The van der Waals surface area contributed by atoms with Gasteiger partial charge < -0.3 is 4.90 Å². The van der Waals surface area contributed by atoms with Crippen LogP contribution in [0.4, 0.5) is 0 Å². The van der Waals surface area contributed by atoms with Gasteiger partial charge in [0.05, 0.1) is 4.90 Å². The van der Waals surface area contributed by atoms with E-state index in [1.807, 2.05) is 13.8 Å². The quantitative estimate of drug-likeness (QED) is 0.723. The number of carbonyl (C=O) groups is 2. The lowest BCUT2D eigenvalue weighted by atomic mass is 10.0. The van der Waals surface area contributed by atoms with Crippen LogP contribution in [0.2, 0.25) is 0 Å². The summed E-state index contributed by atoms with van der Waals surface area (Å²) in [6.45, 7) is 6.76. The Morgan fingerprint density at radius 1 is 1.08 bits per heavy atom. The molecule has 1 aromatic rings. The molecule has 1 aliphatic rings. The minimum atomic E-state index is -3.66. The third kappa shape index (κ3) is 4.27. The molecule has 1 fully saturated rings. The van der Waals surface area contributed by atoms with Crippen LogP contribution in [0.25, 0.3) is 0 Å². The number of hydrogen-bond acceptors (Lipinski definition) is 4. The van der Waals surface area contributed by atoms with Crippen molar-refractivity contribution in [3.8, 4) is 0 Å². The molecule has 25 heavy (non-hydrogen) atoms. The topological polar surface area (TPSA) is 74.8 Å². The van der Waals surface area contributed by atoms with Gasteiger partial charge in [0.1, 0.15) is 0 Å². The minimum Gasteiger partial charge on any atom is -0.340 e. The Labute approximate surface area is 149 Å². The molecule has 6 nitrogen and oxygen atoms in total. The molecule has 138 valence electrons. The molecule has 0 N–H and O–H groups in total. The number of ketones is 1. The summed E-state index contributed by atoms with van der Waals surface area (Å²) < 4.78 is 27.0. The Balaban J connectivity index is 2.10. The molecule has 0 unspecified atom stereocenters. The van der Waals surface area contributed by atoms with Gasteiger partial charge >= 0.3 is 0 Å². The molecule has 1 saturated heterocycles. The van der Waals surface area contributed by atoms with Crippen molar-refractivity contribution in [3.63, 3.8) is 0 Å². The van der Waals surface area contributed by atoms with E-state index in [9.17, 15) is 18.0 Å². The third-order valence-corrected chi connectivity index (χ3v) is 6.66. The first-order chi connectivity index (χ1) is 11.8. The second-order valence-corrected chi connectivity index (χ2v) is 8.26. The molecule has 2 rings (SSSR count). The van der Waals surface area contributed by atoms with E-state index in [1.54, 1.807) is 17.0 Å². The highest BCUT2D eigenvalue weighted by Crippen LogP contribution is 2.20. The molecule has 1 aliphatic heterocycles. The highest BCUT2D eigenvalue weighted by atomic mass is 32.2. The number of hydrogen-bond donors (Lipinski definition) is 0. The molecular weight excluding hydrogens is 340 g/mol. The maximum atomic E-state index is 12.8. The number of rotatable bonds is 6. The van der Waals surface area contributed by atoms with Crippen molar-refractivity contribution in [3.05, 3.63) is 29.8 Å². The lowest BCUT2D eigenvalue weighted by Gasteiger charge is -2.35. The highest BCUT2D eigenvalue weighted by molar-refractivity contribution is 7.89. The molecule has 0 aromatic heterocycles. The summed E-state index contributed by atoms with van der Waals surface area (Å²) in [4.78, 5) is 25.8. The predicted octanol–water partition coefficient (Wildman–Crippen LogP) is 2.16. The number of carbonyl (C=O) groups excluding carboxylic acids is 2. The van der Waals surface area contributed by atoms with Crippen LogP contribution in [0.1, 0.15) is 44.0 Å². The predicted molar refractivity (Wildman–Crippen MR) is 95.9 cm³/mol. The molecule has 0 bridgehead atoms. The smallest absolute Gasteiger partial charge is 0.243 e. The number of amides is 1. The van der Waals surface area contributed by atoms with E-state index in [-0.39, 0.29) is 35.6 Å². The van der Waals surface area contributed by atoms with Crippen molar-refractivity contribution < 1.29 is 18.0 Å². The van der Waals surface area contributed by atoms with Gasteiger partial charge in [0.25, 0.3) is 0 Å². The summed E-state index contributed by atoms with van der Waals surface area (Å²) in [7, 11) is -3.66. The standard InChI is InChI=1S/C18H26N2O4S/c1-4-15(5-2)18(22)19-9-11-20(12-10-19)25(23,24)17-8-6-7-16(13-17)14(3)21/h6-8,13,15H,4-5,9-12H2,1-3H3. The van der Waals surface area contributed by atoms with E-state index in [0.717, 1.165) is 12.8 Å². The molecule has 1 aromatic carbocycles. The van der Waals surface area contributed by atoms with Gasteiger partial charge in [-0.3, -0.25) is 9.59 Å². The first-order valence-electron chi connectivity index (χ1n) is 8.71. The summed E-state index contributed by atoms with van der Waals surface area (Å²) >= 11 is 0. The van der Waals surface area contributed by atoms with E-state index in [2.05, 4.69) is 0 Å². The van der Waals surface area contributed by atoms with Crippen LogP contribution in [0, 0.1) is 5.92 Å². The zero-order valence-corrected chi connectivity index (χ0v) is 15.9. The van der Waals surface area contributed by atoms with Crippen LogP contribution < -0.4 is 0 Å². The first kappa shape index (κ1) is 19.6. The number of sulfonamides is 1. The van der Waals surface area contributed by atoms with Crippen molar-refractivity contribution in [2.75, 3.05) is 26.2 Å². The second kappa shape index (κ2) is 8.10. The molecule has 0 spiro atoms. The van der Waals surface area contributed by atoms with Crippen molar-refractivity contribution >= 4 is 21.7 Å². The van der Waals surface area contributed by atoms with E-state index >= 15 is 0 Å². The summed E-state index contributed by atoms with van der Waals surface area (Å²) in [6, 6.07) is 6.10. The fourth-order valence-electron chi connectivity index (χ4n) is 3.07. The molecule has 0 aliphatic carbocycles. The van der Waals surface area contributed by atoms with Crippen LogP contribution in [0.3, 0.4) is 0 Å². The zero-order valence-electron chi connectivity index (χ0n) is 15.1. The van der Waals surface area contributed by atoms with Crippen LogP contribution in [0.15, 0.2) is 29.2 Å². The molecule has 7 heteroatoms. The van der Waals surface area contributed by atoms with E-state index < -0.39 is 10.0 Å². The number of nitrogens with zero attached hydrogens (tertiary/aromatic N) is 2. The van der Waals surface area contributed by atoms with Gasteiger partial charge in [0, 0.05) is 37.7 Å². The van der Waals surface area contributed by atoms with Crippen molar-refractivity contribution in [1.82, 2.24) is 9.21 Å². The third-order valence-electron chi connectivity index (χ3n) is 4.76. The summed E-state index contributed by atoms with van der Waals surface area (Å²) in [5.41, 5.74) is 0.378. The number of benzene rings is 1. The van der Waals surface area contributed by atoms with Crippen LogP contribution in [-0.2, 0) is 14.8 Å². The average Bonchev–Trinajstić information content (AvgIpc) is 2.62. The maximum Gasteiger partial charge on any atom is 0.243 e. The fraction of sp³-hybridized carbons (Fsp3) is 0.556. The SMILES string of the molecule is CCC(CC)C(=O)N1CCN(S(=O)(=O)c2cccc(C(C)=O)c2)CC1. The minimum absolute atomic E-state index is 0.00963. The van der Waals surface area contributed by atoms with Gasteiger partial charge in [-0.05, 0) is 31.9 Å². The fourth-order valence-corrected chi connectivity index (χ4v) is 4.54. The number of piperazine rings is 1. The lowest BCUT2D eigenvalue weighted by Crippen LogP contribution is -2.51. The maximum absolute atomic E-state index is 12.8. The summed E-state index contributed by atoms with van der Waals surface area (Å²) in [5.74, 6) is -0.0475. The number of Topliss-reactive ketones (excluding diaryl/α,β-unsaturated/α-hetero) is 1. The summed E-state index contributed by atoms with van der Waals surface area (Å²) in [6.07, 6.45) is 1.59. The van der Waals surface area contributed by atoms with Gasteiger partial charge in [0.2, 0.25) is 15.9 Å². The molecule has 1 amide bonds. The Hall–Kier alpha value is -1.73. The van der Waals surface area contributed by atoms with Gasteiger partial charge in [-0.25, -0.2) is 8.42 Å². The molecule has 0 atom stereocenters. The van der Waals surface area contributed by atoms with E-state index in [4.69, 9.17) is 0 Å². The van der Waals surface area contributed by atoms with Crippen LogP contribution >= 0.6 is 0 Å². The van der Waals surface area contributed by atoms with Gasteiger partial charge in [-0.2, -0.15) is 4.31 Å². The lowest BCUT2D eigenvalue weighted by molar-refractivity contribution is -0.136. The molecular formula is C18H26N2O4S.